The van der Waals surface area contributed by atoms with Gasteiger partial charge in [-0.15, -0.1) is 0 Å². The van der Waals surface area contributed by atoms with Crippen molar-refractivity contribution in [3.8, 4) is 0 Å². The predicted octanol–water partition coefficient (Wildman–Crippen LogP) is -4.04. The molecular weight excluding hydrogens is 312 g/mol. The molecule has 1 aliphatic rings. The van der Waals surface area contributed by atoms with Crippen LogP contribution in [0.25, 0.3) is 0 Å². The number of hydrogen-bond donors (Lipinski definition) is 5. The highest BCUT2D eigenvalue weighted by Gasteiger charge is 2.50. The lowest BCUT2D eigenvalue weighted by Crippen LogP contribution is -2.70. The number of rotatable bonds is 5. The van der Waals surface area contributed by atoms with E-state index in [1.165, 1.54) is 13.8 Å². The van der Waals surface area contributed by atoms with Crippen LogP contribution in [0.1, 0.15) is 27.2 Å². The normalized spacial score (nSPS) is 33.4. The molecule has 10 heteroatoms. The van der Waals surface area contributed by atoms with Gasteiger partial charge in [0.1, 0.15) is 12.1 Å². The van der Waals surface area contributed by atoms with Crippen LogP contribution >= 0.6 is 0 Å². The van der Waals surface area contributed by atoms with Gasteiger partial charge < -0.3 is 40.6 Å². The molecule has 0 aliphatic carbocycles. The number of amides is 2. The first-order valence-corrected chi connectivity index (χ1v) is 7.00. The Labute approximate surface area is 132 Å². The Morgan fingerprint density at radius 2 is 1.87 bits per heavy atom. The van der Waals surface area contributed by atoms with Gasteiger partial charge in [-0.25, -0.2) is 0 Å². The monoisotopic (exact) mass is 333 g/mol. The van der Waals surface area contributed by atoms with E-state index in [4.69, 9.17) is 4.74 Å². The molecule has 1 fully saturated rings. The molecule has 5 N–H and O–H groups in total. The highest BCUT2D eigenvalue weighted by atomic mass is 16.7. The Bertz CT molecular complexity index is 465. The lowest BCUT2D eigenvalue weighted by Gasteiger charge is -2.47. The second-order valence-electron chi connectivity index (χ2n) is 5.62. The smallest absolute Gasteiger partial charge is 0.217 e. The fraction of sp³-hybridized carbons (Fsp3) is 0.769. The number of aliphatic carboxylic acids is 1. The summed E-state index contributed by atoms with van der Waals surface area (Å²) in [5, 5.41) is 45.7. The van der Waals surface area contributed by atoms with Crippen LogP contribution in [-0.4, -0.2) is 69.3 Å². The molecule has 0 aromatic rings. The Morgan fingerprint density at radius 1 is 1.30 bits per heavy atom. The number of hydrogen-bond acceptors (Lipinski definition) is 8. The summed E-state index contributed by atoms with van der Waals surface area (Å²) in [7, 11) is 0. The molecule has 10 nitrogen and oxygen atoms in total. The Hall–Kier alpha value is -1.75. The molecule has 1 heterocycles. The van der Waals surface area contributed by atoms with Crippen LogP contribution in [0, 0.1) is 0 Å². The number of ether oxygens (including phenoxy) is 1. The van der Waals surface area contributed by atoms with E-state index in [0.717, 1.165) is 6.92 Å². The van der Waals surface area contributed by atoms with Crippen molar-refractivity contribution in [2.45, 2.75) is 63.4 Å². The maximum absolute atomic E-state index is 11.3. The number of carboxylic acids is 1. The van der Waals surface area contributed by atoms with Crippen molar-refractivity contribution in [1.29, 1.82) is 0 Å². The van der Waals surface area contributed by atoms with Gasteiger partial charge in [0.2, 0.25) is 17.6 Å². The van der Waals surface area contributed by atoms with Gasteiger partial charge in [0.25, 0.3) is 0 Å². The van der Waals surface area contributed by atoms with E-state index in [-0.39, 0.29) is 0 Å². The Kier molecular flexibility index (Phi) is 6.05. The number of nitrogens with one attached hydrogen (secondary N) is 2. The van der Waals surface area contributed by atoms with Crippen molar-refractivity contribution in [2.24, 2.45) is 0 Å². The molecule has 0 aromatic heterocycles. The summed E-state index contributed by atoms with van der Waals surface area (Å²) in [6.45, 7) is 3.62. The van der Waals surface area contributed by atoms with Gasteiger partial charge >= 0.3 is 0 Å². The third-order valence-corrected chi connectivity index (χ3v) is 3.52. The van der Waals surface area contributed by atoms with Gasteiger partial charge in [-0.05, 0) is 6.92 Å². The Morgan fingerprint density at radius 3 is 2.26 bits per heavy atom. The van der Waals surface area contributed by atoms with Crippen molar-refractivity contribution in [2.75, 3.05) is 0 Å². The first-order valence-electron chi connectivity index (χ1n) is 7.00. The highest BCUT2D eigenvalue weighted by molar-refractivity contribution is 5.75. The minimum atomic E-state index is -2.81. The predicted molar refractivity (Wildman–Crippen MR) is 72.3 cm³/mol. The van der Waals surface area contributed by atoms with Crippen molar-refractivity contribution < 1.29 is 39.5 Å². The summed E-state index contributed by atoms with van der Waals surface area (Å²) in [5.41, 5.74) is 0. The van der Waals surface area contributed by atoms with Gasteiger partial charge in [0.15, 0.2) is 0 Å². The summed E-state index contributed by atoms with van der Waals surface area (Å²) in [5.74, 6) is -5.90. The molecule has 23 heavy (non-hydrogen) atoms. The summed E-state index contributed by atoms with van der Waals surface area (Å²) < 4.78 is 5.09. The van der Waals surface area contributed by atoms with Crippen LogP contribution in [-0.2, 0) is 19.1 Å². The fourth-order valence-corrected chi connectivity index (χ4v) is 2.53. The molecule has 132 valence electrons. The quantitative estimate of drug-likeness (QED) is 0.339. The second-order valence-corrected chi connectivity index (χ2v) is 5.62. The van der Waals surface area contributed by atoms with Crippen molar-refractivity contribution >= 4 is 17.8 Å². The molecule has 0 unspecified atom stereocenters. The minimum Gasteiger partial charge on any atom is -0.544 e. The summed E-state index contributed by atoms with van der Waals surface area (Å²) in [6.07, 6.45) is -4.88. The lowest BCUT2D eigenvalue weighted by atomic mass is 9.87. The minimum absolute atomic E-state index is 0.547. The van der Waals surface area contributed by atoms with Crippen molar-refractivity contribution in [1.82, 2.24) is 10.6 Å². The first kappa shape index (κ1) is 19.3. The molecule has 0 saturated carbocycles. The van der Waals surface area contributed by atoms with Gasteiger partial charge in [-0.2, -0.15) is 0 Å². The molecule has 1 rings (SSSR count). The maximum Gasteiger partial charge on any atom is 0.217 e. The number of carbonyl (C=O) groups is 3. The molecule has 0 spiro atoms. The van der Waals surface area contributed by atoms with E-state index < -0.39 is 60.4 Å². The van der Waals surface area contributed by atoms with E-state index in [1.54, 1.807) is 0 Å². The molecule has 6 atom stereocenters. The average Bonchev–Trinajstić information content (AvgIpc) is 2.38. The van der Waals surface area contributed by atoms with Gasteiger partial charge in [0.05, 0.1) is 24.3 Å². The number of carboxylic acid groups (broad SMARTS) is 1. The van der Waals surface area contributed by atoms with Crippen molar-refractivity contribution in [3.05, 3.63) is 0 Å². The fourth-order valence-electron chi connectivity index (χ4n) is 2.53. The molecule has 0 aromatic carbocycles. The van der Waals surface area contributed by atoms with Gasteiger partial charge in [-0.3, -0.25) is 9.59 Å². The van der Waals surface area contributed by atoms with Crippen LogP contribution < -0.4 is 15.7 Å². The molecule has 2 amide bonds. The molecule has 1 saturated heterocycles. The summed E-state index contributed by atoms with van der Waals surface area (Å²) in [4.78, 5) is 33.7. The molecule has 0 radical (unpaired) electrons. The third kappa shape index (κ3) is 4.61. The maximum atomic E-state index is 11.3. The zero-order chi connectivity index (χ0) is 17.9. The summed E-state index contributed by atoms with van der Waals surface area (Å²) >= 11 is 0. The Balaban J connectivity index is 3.21. The zero-order valence-corrected chi connectivity index (χ0v) is 13.0. The average molecular weight is 333 g/mol. The van der Waals surface area contributed by atoms with Gasteiger partial charge in [-0.1, -0.05) is 0 Å². The molecule has 0 bridgehead atoms. The molecular formula is C13H21N2O8-. The summed E-state index contributed by atoms with van der Waals surface area (Å²) in [6, 6.07) is -2.34. The molecule has 1 aliphatic heterocycles. The second kappa shape index (κ2) is 7.21. The van der Waals surface area contributed by atoms with Crippen LogP contribution in [0.2, 0.25) is 0 Å². The van der Waals surface area contributed by atoms with E-state index >= 15 is 0 Å². The topological polar surface area (TPSA) is 168 Å². The first-order chi connectivity index (χ1) is 10.5. The van der Waals surface area contributed by atoms with Crippen molar-refractivity contribution in [3.63, 3.8) is 0 Å². The van der Waals surface area contributed by atoms with Gasteiger partial charge in [0, 0.05) is 20.3 Å². The van der Waals surface area contributed by atoms with E-state index in [0.29, 0.717) is 0 Å². The van der Waals surface area contributed by atoms with E-state index in [9.17, 15) is 34.8 Å². The van der Waals surface area contributed by atoms with E-state index in [1.807, 2.05) is 0 Å². The zero-order valence-electron chi connectivity index (χ0n) is 13.0. The van der Waals surface area contributed by atoms with Crippen LogP contribution in [0.4, 0.5) is 0 Å². The van der Waals surface area contributed by atoms with E-state index in [2.05, 4.69) is 10.6 Å². The standard InChI is InChI=1S/C13H22N2O8/c1-5(16)9(14-6(2)17)11-10(15-7(3)18)8(19)4-13(22,23-11)12(20)21/h5,8-11,16,19,22H,4H2,1-3H3,(H,14,17)(H,15,18)(H,20,21)/p-1/t5-,8+,9-,10+,11-,13-/m0/s1. The third-order valence-electron chi connectivity index (χ3n) is 3.52. The highest BCUT2D eigenvalue weighted by Crippen LogP contribution is 2.30. The largest absolute Gasteiger partial charge is 0.544 e. The van der Waals surface area contributed by atoms with Crippen LogP contribution in [0.3, 0.4) is 0 Å². The van der Waals surface area contributed by atoms with Crippen LogP contribution in [0.5, 0.6) is 0 Å². The van der Waals surface area contributed by atoms with Crippen LogP contribution in [0.15, 0.2) is 0 Å². The lowest BCUT2D eigenvalue weighted by molar-refractivity contribution is -0.370. The number of aliphatic hydroxyl groups excluding tert-OH is 2. The number of carbonyl (C=O) groups excluding carboxylic acids is 3. The number of aliphatic hydroxyl groups is 3. The SMILES string of the molecule is CC(=O)N[C@H]([C@@H]1O[C@](O)(C(=O)[O-])C[C@@H](O)[C@H]1NC(C)=O)[C@H](C)O.